The number of imide groups is 2. The van der Waals surface area contributed by atoms with Crippen molar-refractivity contribution in [3.05, 3.63) is 93.2 Å². The minimum absolute atomic E-state index is 0.124. The molecule has 3 aromatic carbocycles. The predicted octanol–water partition coefficient (Wildman–Crippen LogP) is 6.39. The molecular weight excluding hydrogens is 667 g/mol. The molecule has 11 heteroatoms. The quantitative estimate of drug-likeness (QED) is 0.251. The topological polar surface area (TPSA) is 104 Å². The van der Waals surface area contributed by atoms with Crippen LogP contribution in [0.15, 0.2) is 76.8 Å². The fraction of sp³-hybridized carbons (Fsp3) is 0.294. The summed E-state index contributed by atoms with van der Waals surface area (Å²) in [6, 6.07) is 15.7. The van der Waals surface area contributed by atoms with E-state index in [1.165, 1.54) is 24.1 Å². The number of carbonyl (C=O) groups is 4. The highest BCUT2D eigenvalue weighted by molar-refractivity contribution is 9.10. The molecule has 2 saturated heterocycles. The van der Waals surface area contributed by atoms with E-state index in [4.69, 9.17) is 16.3 Å². The van der Waals surface area contributed by atoms with Crippen LogP contribution >= 0.6 is 27.5 Å². The second-order valence-corrected chi connectivity index (χ2v) is 13.5. The molecule has 0 spiro atoms. The van der Waals surface area contributed by atoms with Gasteiger partial charge in [-0.25, -0.2) is 9.29 Å². The Kier molecular flexibility index (Phi) is 6.94. The molecule has 7 rings (SSSR count). The number of aromatic hydroxyl groups is 1. The number of phenolic OH excluding ortho intramolecular Hbond substituents is 1. The van der Waals surface area contributed by atoms with Crippen LogP contribution in [-0.4, -0.2) is 35.8 Å². The number of fused-ring (bicyclic) bond motifs is 4. The normalized spacial score (nSPS) is 29.0. The summed E-state index contributed by atoms with van der Waals surface area (Å²) >= 11 is 9.56. The number of carbonyl (C=O) groups excluding carboxylic acids is 4. The summed E-state index contributed by atoms with van der Waals surface area (Å²) < 4.78 is 20.1. The highest BCUT2D eigenvalue weighted by atomic mass is 79.9. The number of anilines is 2. The van der Waals surface area contributed by atoms with Crippen LogP contribution in [0, 0.1) is 34.9 Å². The third-order valence-electron chi connectivity index (χ3n) is 10.1. The first kappa shape index (κ1) is 29.7. The number of hydrogen-bond donors (Lipinski definition) is 1. The summed E-state index contributed by atoms with van der Waals surface area (Å²) in [4.78, 5) is 58.9. The van der Waals surface area contributed by atoms with E-state index in [0.29, 0.717) is 21.3 Å². The van der Waals surface area contributed by atoms with Crippen LogP contribution in [0.1, 0.15) is 31.2 Å². The molecule has 2 aliphatic carbocycles. The van der Waals surface area contributed by atoms with E-state index >= 15 is 0 Å². The van der Waals surface area contributed by atoms with Crippen molar-refractivity contribution in [2.75, 3.05) is 16.9 Å². The maximum atomic E-state index is 14.5. The zero-order valence-electron chi connectivity index (χ0n) is 24.2. The average molecular weight is 694 g/mol. The van der Waals surface area contributed by atoms with Gasteiger partial charge in [0.05, 0.1) is 46.7 Å². The summed E-state index contributed by atoms with van der Waals surface area (Å²) in [6.07, 6.45) is 2.29. The second-order valence-electron chi connectivity index (χ2n) is 12.2. The largest absolute Gasteiger partial charge is 0.504 e. The Morgan fingerprint density at radius 2 is 1.69 bits per heavy atom. The first-order chi connectivity index (χ1) is 21.5. The van der Waals surface area contributed by atoms with Gasteiger partial charge in [-0.2, -0.15) is 0 Å². The number of allylic oxidation sites excluding steroid dienone is 2. The molecule has 45 heavy (non-hydrogen) atoms. The number of para-hydroxylation sites is 1. The minimum Gasteiger partial charge on any atom is -0.504 e. The molecule has 3 fully saturated rings. The molecule has 0 aromatic heterocycles. The van der Waals surface area contributed by atoms with E-state index in [1.54, 1.807) is 49.4 Å². The van der Waals surface area contributed by atoms with Crippen LogP contribution in [-0.2, 0) is 19.2 Å². The first-order valence-corrected chi connectivity index (χ1v) is 15.7. The number of methoxy groups -OCH3 is 1. The highest BCUT2D eigenvalue weighted by Crippen LogP contribution is 2.65. The van der Waals surface area contributed by atoms with Crippen molar-refractivity contribution >= 4 is 62.5 Å². The van der Waals surface area contributed by atoms with Gasteiger partial charge in [0.1, 0.15) is 5.82 Å². The van der Waals surface area contributed by atoms with Crippen LogP contribution in [0.25, 0.3) is 0 Å². The molecule has 1 saturated carbocycles. The zero-order valence-corrected chi connectivity index (χ0v) is 26.5. The van der Waals surface area contributed by atoms with Crippen molar-refractivity contribution in [1.29, 1.82) is 0 Å². The van der Waals surface area contributed by atoms with Crippen molar-refractivity contribution in [3.8, 4) is 11.5 Å². The molecule has 3 aromatic rings. The SMILES string of the molecule is COc1cc(Br)cc([C@H]2C3=CC[C@@H]4C(=O)N(c5ccccc5)C(=O)[C@@H]4[C@@H]3C[C@H]3C(=O)N(c4ccc(F)c(Cl)c4)C(=O)[C@@]23C)c1O. The van der Waals surface area contributed by atoms with Crippen LogP contribution in [0.3, 0.4) is 0 Å². The molecule has 4 amide bonds. The Morgan fingerprint density at radius 3 is 2.38 bits per heavy atom. The van der Waals surface area contributed by atoms with Crippen LogP contribution in [0.2, 0.25) is 5.02 Å². The molecule has 6 atom stereocenters. The van der Waals surface area contributed by atoms with Crippen molar-refractivity contribution in [1.82, 2.24) is 0 Å². The van der Waals surface area contributed by atoms with Gasteiger partial charge < -0.3 is 9.84 Å². The number of rotatable bonds is 4. The lowest BCUT2D eigenvalue weighted by Crippen LogP contribution is -2.49. The van der Waals surface area contributed by atoms with Crippen molar-refractivity contribution < 1.29 is 33.4 Å². The van der Waals surface area contributed by atoms with E-state index in [9.17, 15) is 28.7 Å². The third kappa shape index (κ3) is 4.14. The van der Waals surface area contributed by atoms with Crippen molar-refractivity contribution in [2.24, 2.45) is 29.1 Å². The van der Waals surface area contributed by atoms with Gasteiger partial charge in [0, 0.05) is 16.0 Å². The summed E-state index contributed by atoms with van der Waals surface area (Å²) in [7, 11) is 1.41. The summed E-state index contributed by atoms with van der Waals surface area (Å²) in [5.74, 6) is -6.22. The molecule has 8 nitrogen and oxygen atoms in total. The minimum atomic E-state index is -1.42. The Labute approximate surface area is 271 Å². The zero-order chi connectivity index (χ0) is 31.9. The molecule has 0 radical (unpaired) electrons. The number of ether oxygens (including phenoxy) is 1. The van der Waals surface area contributed by atoms with Crippen molar-refractivity contribution in [2.45, 2.75) is 25.7 Å². The van der Waals surface area contributed by atoms with Gasteiger partial charge in [0.15, 0.2) is 11.5 Å². The molecule has 0 unspecified atom stereocenters. The maximum Gasteiger partial charge on any atom is 0.241 e. The molecular formula is C34H27BrClFN2O6. The summed E-state index contributed by atoms with van der Waals surface area (Å²) in [6.45, 7) is 1.70. The fourth-order valence-corrected chi connectivity index (χ4v) is 8.66. The van der Waals surface area contributed by atoms with E-state index < -0.39 is 52.6 Å². The first-order valence-electron chi connectivity index (χ1n) is 14.5. The Morgan fingerprint density at radius 1 is 0.956 bits per heavy atom. The average Bonchev–Trinajstić information content (AvgIpc) is 3.39. The van der Waals surface area contributed by atoms with E-state index in [-0.39, 0.29) is 46.9 Å². The lowest BCUT2D eigenvalue weighted by molar-refractivity contribution is -0.131. The number of phenols is 1. The lowest BCUT2D eigenvalue weighted by Gasteiger charge is -2.49. The number of amides is 4. The Bertz CT molecular complexity index is 1850. The third-order valence-corrected chi connectivity index (χ3v) is 10.8. The Hall–Kier alpha value is -4.02. The monoisotopic (exact) mass is 692 g/mol. The summed E-state index contributed by atoms with van der Waals surface area (Å²) in [5, 5.41) is 11.3. The van der Waals surface area contributed by atoms with Crippen LogP contribution in [0.5, 0.6) is 11.5 Å². The molecule has 230 valence electrons. The molecule has 0 bridgehead atoms. The highest BCUT2D eigenvalue weighted by Gasteiger charge is 2.68. The van der Waals surface area contributed by atoms with Crippen molar-refractivity contribution in [3.63, 3.8) is 0 Å². The number of halogens is 3. The van der Waals surface area contributed by atoms with Gasteiger partial charge in [0.25, 0.3) is 0 Å². The fourth-order valence-electron chi connectivity index (χ4n) is 8.03. The van der Waals surface area contributed by atoms with Gasteiger partial charge in [-0.05, 0) is 68.1 Å². The molecule has 4 aliphatic rings. The van der Waals surface area contributed by atoms with E-state index in [1.807, 2.05) is 6.08 Å². The van der Waals surface area contributed by atoms with Gasteiger partial charge in [-0.1, -0.05) is 57.4 Å². The summed E-state index contributed by atoms with van der Waals surface area (Å²) in [5.41, 5.74) is 0.239. The standard InChI is InChI=1S/C34H27BrClFN2O6/c1-34-23(31(42)39(33(34)44)18-8-11-25(37)24(36)14-18)15-21-19(28(34)22-12-16(35)13-26(45-2)29(22)40)9-10-20-27(21)32(43)38(30(20)41)17-6-4-3-5-7-17/h3-9,11-14,20-21,23,27-28,40H,10,15H2,1-2H3/t20-,21+,23-,27-,28+,34+/m0/s1. The predicted molar refractivity (Wildman–Crippen MR) is 167 cm³/mol. The second kappa shape index (κ2) is 10.5. The molecule has 2 aliphatic heterocycles. The number of nitrogens with zero attached hydrogens (tertiary/aromatic N) is 2. The van der Waals surface area contributed by atoms with Crippen LogP contribution in [0.4, 0.5) is 15.8 Å². The van der Waals surface area contributed by atoms with Gasteiger partial charge >= 0.3 is 0 Å². The number of hydrogen-bond acceptors (Lipinski definition) is 6. The van der Waals surface area contributed by atoms with Gasteiger partial charge in [-0.3, -0.25) is 24.1 Å². The smallest absolute Gasteiger partial charge is 0.241 e. The molecule has 1 N–H and O–H groups in total. The van der Waals surface area contributed by atoms with E-state index in [0.717, 1.165) is 11.0 Å². The van der Waals surface area contributed by atoms with E-state index in [2.05, 4.69) is 15.9 Å². The van der Waals surface area contributed by atoms with Gasteiger partial charge in [-0.15, -0.1) is 0 Å². The molecule has 2 heterocycles. The van der Waals surface area contributed by atoms with Crippen LogP contribution < -0.4 is 14.5 Å². The van der Waals surface area contributed by atoms with Gasteiger partial charge in [0.2, 0.25) is 23.6 Å². The maximum absolute atomic E-state index is 14.5. The number of benzene rings is 3. The Balaban J connectivity index is 1.41. The lowest BCUT2D eigenvalue weighted by atomic mass is 9.51.